The van der Waals surface area contributed by atoms with E-state index < -0.39 is 5.91 Å². The average molecular weight is 566 g/mol. The number of aromatic nitrogens is 4. The normalized spacial score (nSPS) is 12.1. The number of rotatable bonds is 5. The largest absolute Gasteiger partial charge is 0.494 e. The molecule has 5 heterocycles. The Labute approximate surface area is 230 Å². The van der Waals surface area contributed by atoms with E-state index in [1.807, 2.05) is 13.0 Å². The molecule has 1 aliphatic heterocycles. The Morgan fingerprint density at radius 1 is 1.11 bits per heavy atom. The second kappa shape index (κ2) is 10.3. The summed E-state index contributed by atoms with van der Waals surface area (Å²) in [6.45, 7) is 2.35. The van der Waals surface area contributed by atoms with Gasteiger partial charge in [0.2, 0.25) is 0 Å². The number of nitrogens with one attached hydrogen (secondary N) is 1. The molecular formula is C25H17Cl2N7O3S. The maximum atomic E-state index is 13.3. The van der Waals surface area contributed by atoms with Gasteiger partial charge in [-0.05, 0) is 25.1 Å². The van der Waals surface area contributed by atoms with E-state index in [1.165, 1.54) is 43.1 Å². The Morgan fingerprint density at radius 2 is 1.92 bits per heavy atom. The smallest absolute Gasteiger partial charge is 0.274 e. The Balaban J connectivity index is 1.35. The van der Waals surface area contributed by atoms with Gasteiger partial charge in [0.1, 0.15) is 22.7 Å². The van der Waals surface area contributed by atoms with Crippen LogP contribution >= 0.6 is 34.5 Å². The van der Waals surface area contributed by atoms with Crippen molar-refractivity contribution in [1.29, 1.82) is 5.26 Å². The van der Waals surface area contributed by atoms with Crippen molar-refractivity contribution in [3.8, 4) is 22.9 Å². The predicted octanol–water partition coefficient (Wildman–Crippen LogP) is 4.90. The summed E-state index contributed by atoms with van der Waals surface area (Å²) in [6, 6.07) is 6.75. The van der Waals surface area contributed by atoms with E-state index in [0.29, 0.717) is 45.5 Å². The molecule has 0 aliphatic carbocycles. The first-order chi connectivity index (χ1) is 18.3. The van der Waals surface area contributed by atoms with E-state index in [-0.39, 0.29) is 33.9 Å². The van der Waals surface area contributed by atoms with Gasteiger partial charge in [0.05, 0.1) is 53.1 Å². The van der Waals surface area contributed by atoms with Crippen molar-refractivity contribution in [1.82, 2.24) is 24.8 Å². The average Bonchev–Trinajstić information content (AvgIpc) is 3.47. The second-order valence-electron chi connectivity index (χ2n) is 8.25. The monoisotopic (exact) mass is 565 g/mol. The molecule has 0 aromatic carbocycles. The van der Waals surface area contributed by atoms with Gasteiger partial charge in [-0.25, -0.2) is 15.0 Å². The van der Waals surface area contributed by atoms with Crippen LogP contribution in [-0.2, 0) is 13.1 Å². The number of hydrogen-bond donors (Lipinski definition) is 1. The van der Waals surface area contributed by atoms with Crippen LogP contribution in [0.3, 0.4) is 0 Å². The Kier molecular flexibility index (Phi) is 6.94. The summed E-state index contributed by atoms with van der Waals surface area (Å²) < 4.78 is 5.43. The molecule has 1 aliphatic rings. The molecule has 5 rings (SSSR count). The lowest BCUT2D eigenvalue weighted by Gasteiger charge is -2.15. The lowest BCUT2D eigenvalue weighted by Crippen LogP contribution is -2.26. The summed E-state index contributed by atoms with van der Waals surface area (Å²) in [5, 5.41) is 12.6. The Hall–Kier alpha value is -4.11. The Bertz CT molecular complexity index is 1630. The fourth-order valence-corrected chi connectivity index (χ4v) is 5.35. The number of ether oxygens (including phenoxy) is 1. The van der Waals surface area contributed by atoms with Gasteiger partial charge in [-0.3, -0.25) is 19.9 Å². The first kappa shape index (κ1) is 25.5. The van der Waals surface area contributed by atoms with Crippen LogP contribution in [0, 0.1) is 18.3 Å². The number of nitriles is 1. The van der Waals surface area contributed by atoms with Gasteiger partial charge < -0.3 is 9.64 Å². The number of amides is 2. The molecule has 2 amide bonds. The molecular weight excluding hydrogens is 549 g/mol. The minimum atomic E-state index is -0.406. The zero-order valence-corrected chi connectivity index (χ0v) is 22.3. The molecule has 190 valence electrons. The van der Waals surface area contributed by atoms with E-state index in [0.717, 1.165) is 4.88 Å². The van der Waals surface area contributed by atoms with Gasteiger partial charge >= 0.3 is 0 Å². The van der Waals surface area contributed by atoms with E-state index >= 15 is 0 Å². The number of carbonyl (C=O) groups is 2. The molecule has 4 aromatic rings. The number of thiazole rings is 1. The fraction of sp³-hybridized carbons (Fsp3) is 0.160. The number of pyridine rings is 3. The molecule has 0 radical (unpaired) electrons. The number of aryl methyl sites for hydroxylation is 1. The zero-order valence-electron chi connectivity index (χ0n) is 20.0. The van der Waals surface area contributed by atoms with Crippen LogP contribution in [0.25, 0.3) is 11.1 Å². The van der Waals surface area contributed by atoms with Crippen LogP contribution in [0.15, 0.2) is 36.8 Å². The third kappa shape index (κ3) is 4.89. The molecule has 4 aromatic heterocycles. The molecule has 0 unspecified atom stereocenters. The van der Waals surface area contributed by atoms with Crippen LogP contribution in [-0.4, -0.2) is 43.8 Å². The quantitative estimate of drug-likeness (QED) is 0.337. The SMILES string of the molecule is COc1cnc(Cl)cc1-c1cc(C)ncc1C(=O)Nc1nc2c(s1)CN(C(=O)c1ncc(C#N)cc1Cl)C2. The van der Waals surface area contributed by atoms with Crippen molar-refractivity contribution in [3.63, 3.8) is 0 Å². The molecule has 0 fully saturated rings. The number of carbonyl (C=O) groups excluding carboxylic acids is 2. The molecule has 1 N–H and O–H groups in total. The van der Waals surface area contributed by atoms with E-state index in [2.05, 4.69) is 25.3 Å². The summed E-state index contributed by atoms with van der Waals surface area (Å²) in [5.41, 5.74) is 3.23. The van der Waals surface area contributed by atoms with Crippen LogP contribution < -0.4 is 10.1 Å². The van der Waals surface area contributed by atoms with Gasteiger partial charge in [-0.1, -0.05) is 34.5 Å². The predicted molar refractivity (Wildman–Crippen MR) is 141 cm³/mol. The minimum absolute atomic E-state index is 0.0698. The number of methoxy groups -OCH3 is 1. The van der Waals surface area contributed by atoms with Gasteiger partial charge in [0.15, 0.2) is 5.13 Å². The molecule has 0 saturated carbocycles. The first-order valence-corrected chi connectivity index (χ1v) is 12.7. The molecule has 0 saturated heterocycles. The van der Waals surface area contributed by atoms with E-state index in [1.54, 1.807) is 17.0 Å². The highest BCUT2D eigenvalue weighted by molar-refractivity contribution is 7.16. The zero-order chi connectivity index (χ0) is 27.0. The summed E-state index contributed by atoms with van der Waals surface area (Å²) in [4.78, 5) is 45.5. The molecule has 13 heteroatoms. The summed E-state index contributed by atoms with van der Waals surface area (Å²) in [5.74, 6) is -0.309. The lowest BCUT2D eigenvalue weighted by atomic mass is 10.0. The van der Waals surface area contributed by atoms with Crippen molar-refractivity contribution in [2.45, 2.75) is 20.0 Å². The maximum Gasteiger partial charge on any atom is 0.274 e. The van der Waals surface area contributed by atoms with E-state index in [4.69, 9.17) is 33.2 Å². The van der Waals surface area contributed by atoms with Crippen molar-refractivity contribution in [3.05, 3.63) is 80.1 Å². The van der Waals surface area contributed by atoms with E-state index in [9.17, 15) is 9.59 Å². The molecule has 0 atom stereocenters. The van der Waals surface area contributed by atoms with Gasteiger partial charge in [0, 0.05) is 29.2 Å². The van der Waals surface area contributed by atoms with Crippen LogP contribution in [0.2, 0.25) is 10.2 Å². The molecule has 10 nitrogen and oxygen atoms in total. The lowest BCUT2D eigenvalue weighted by molar-refractivity contribution is 0.0745. The highest BCUT2D eigenvalue weighted by Gasteiger charge is 2.30. The van der Waals surface area contributed by atoms with Crippen molar-refractivity contribution < 1.29 is 14.3 Å². The van der Waals surface area contributed by atoms with Crippen molar-refractivity contribution in [2.24, 2.45) is 0 Å². The highest BCUT2D eigenvalue weighted by Crippen LogP contribution is 2.36. The number of halogens is 2. The van der Waals surface area contributed by atoms with Gasteiger partial charge in [-0.15, -0.1) is 0 Å². The van der Waals surface area contributed by atoms with Gasteiger partial charge in [0.25, 0.3) is 11.8 Å². The maximum absolute atomic E-state index is 13.3. The fourth-order valence-electron chi connectivity index (χ4n) is 3.96. The number of anilines is 1. The second-order valence-corrected chi connectivity index (χ2v) is 10.1. The highest BCUT2D eigenvalue weighted by atomic mass is 35.5. The van der Waals surface area contributed by atoms with Gasteiger partial charge in [-0.2, -0.15) is 5.26 Å². The topological polar surface area (TPSA) is 134 Å². The van der Waals surface area contributed by atoms with Crippen LogP contribution in [0.5, 0.6) is 5.75 Å². The number of nitrogens with zero attached hydrogens (tertiary/aromatic N) is 6. The first-order valence-electron chi connectivity index (χ1n) is 11.1. The number of fused-ring (bicyclic) bond motifs is 1. The summed E-state index contributed by atoms with van der Waals surface area (Å²) >= 11 is 13.6. The third-order valence-electron chi connectivity index (χ3n) is 5.76. The minimum Gasteiger partial charge on any atom is -0.494 e. The summed E-state index contributed by atoms with van der Waals surface area (Å²) in [6.07, 6.45) is 4.29. The van der Waals surface area contributed by atoms with Crippen LogP contribution in [0.4, 0.5) is 5.13 Å². The molecule has 38 heavy (non-hydrogen) atoms. The van der Waals surface area contributed by atoms with Crippen molar-refractivity contribution >= 4 is 51.5 Å². The third-order valence-corrected chi connectivity index (χ3v) is 7.26. The Morgan fingerprint density at radius 3 is 2.63 bits per heavy atom. The molecule has 0 spiro atoms. The van der Waals surface area contributed by atoms with Crippen molar-refractivity contribution in [2.75, 3.05) is 12.4 Å². The summed E-state index contributed by atoms with van der Waals surface area (Å²) in [7, 11) is 1.51. The van der Waals surface area contributed by atoms with Crippen LogP contribution in [0.1, 0.15) is 42.7 Å². The molecule has 0 bridgehead atoms. The standard InChI is InChI=1S/C25H17Cl2N7O3S/c1-12-3-14(15-5-21(27)30-9-19(15)37-2)16(8-29-12)23(35)33-25-32-18-10-34(11-20(18)38-25)24(36)22-17(26)4-13(6-28)7-31-22/h3-5,7-9H,10-11H2,1-2H3,(H,32,33,35). The number of hydrogen-bond acceptors (Lipinski definition) is 9.